The molecule has 0 spiro atoms. The zero-order valence-electron chi connectivity index (χ0n) is 36.6. The highest BCUT2D eigenvalue weighted by molar-refractivity contribution is 7.25. The summed E-state index contributed by atoms with van der Waals surface area (Å²) in [6.45, 7) is 0. The molecule has 0 fully saturated rings. The first kappa shape index (κ1) is 19.6. The van der Waals surface area contributed by atoms with Crippen molar-refractivity contribution in [3.8, 4) is 67.5 Å². The van der Waals surface area contributed by atoms with Crippen LogP contribution in [0.1, 0.15) is 15.1 Å². The quantitative estimate of drug-likeness (QED) is 0.179. The molecule has 0 radical (unpaired) electrons. The highest BCUT2D eigenvalue weighted by atomic mass is 32.1. The van der Waals surface area contributed by atoms with Crippen LogP contribution in [-0.2, 0) is 0 Å². The zero-order valence-corrected chi connectivity index (χ0v) is 26.5. The molecule has 9 aromatic rings. The van der Waals surface area contributed by atoms with Crippen LogP contribution >= 0.6 is 11.3 Å². The molecule has 2 heterocycles. The first-order valence-electron chi connectivity index (χ1n) is 21.0. The third-order valence-corrected chi connectivity index (χ3v) is 9.14. The molecule has 0 N–H and O–H groups in total. The number of benzene rings is 7. The van der Waals surface area contributed by atoms with Crippen LogP contribution in [0.2, 0.25) is 0 Å². The van der Waals surface area contributed by atoms with Crippen LogP contribution in [0, 0.1) is 0 Å². The normalized spacial score (nSPS) is 14.4. The minimum Gasteiger partial charge on any atom is -0.208 e. The lowest BCUT2D eigenvalue weighted by Crippen LogP contribution is -2.00. The molecule has 0 aliphatic carbocycles. The van der Waals surface area contributed by atoms with Crippen molar-refractivity contribution in [1.29, 1.82) is 0 Å². The zero-order chi connectivity index (χ0) is 42.1. The van der Waals surface area contributed by atoms with Crippen LogP contribution in [-0.4, -0.2) is 15.0 Å². The third-order valence-electron chi connectivity index (χ3n) is 8.12. The molecule has 4 heteroatoms. The average molecular weight is 655 g/mol. The standard InChI is InChI=1S/C45H29N3S/c1-4-10-30(11-5-1)33-16-20-35(21-17-33)43-46-44(36-22-18-34(19-23-36)31-12-6-2-7-13-31)48-45(47-43)38-25-27-42-40(29-38)39-28-37(24-26-41(39)49-42)32-14-8-3-9-15-32/h1-29H/i3D,8D,9D,14D,15D,24D,25D,26D,27D,28D,29D. The first-order valence-corrected chi connectivity index (χ1v) is 16.3. The van der Waals surface area contributed by atoms with Gasteiger partial charge in [0.2, 0.25) is 0 Å². The number of fused-ring (bicyclic) bond motifs is 3. The van der Waals surface area contributed by atoms with Crippen molar-refractivity contribution in [1.82, 2.24) is 15.0 Å². The van der Waals surface area contributed by atoms with Gasteiger partial charge >= 0.3 is 0 Å². The molecule has 0 saturated heterocycles. The molecule has 0 amide bonds. The van der Waals surface area contributed by atoms with Crippen molar-refractivity contribution in [2.75, 3.05) is 0 Å². The Morgan fingerprint density at radius 3 is 1.27 bits per heavy atom. The second kappa shape index (κ2) is 12.4. The molecule has 2 aromatic heterocycles. The minimum absolute atomic E-state index is 0.0138. The van der Waals surface area contributed by atoms with Crippen molar-refractivity contribution in [2.24, 2.45) is 0 Å². The van der Waals surface area contributed by atoms with Crippen molar-refractivity contribution in [2.45, 2.75) is 0 Å². The Morgan fingerprint density at radius 1 is 0.347 bits per heavy atom. The van der Waals surface area contributed by atoms with Gasteiger partial charge in [-0.2, -0.15) is 0 Å². The second-order valence-electron chi connectivity index (χ2n) is 11.2. The van der Waals surface area contributed by atoms with Crippen molar-refractivity contribution in [3.05, 3.63) is 176 Å². The van der Waals surface area contributed by atoms with E-state index in [2.05, 4.69) is 0 Å². The number of hydrogen-bond donors (Lipinski definition) is 0. The van der Waals surface area contributed by atoms with E-state index in [1.807, 2.05) is 109 Å². The van der Waals surface area contributed by atoms with Crippen LogP contribution in [0.3, 0.4) is 0 Å². The van der Waals surface area contributed by atoms with E-state index in [0.29, 0.717) is 11.1 Å². The lowest BCUT2D eigenvalue weighted by molar-refractivity contribution is 1.07. The molecule has 3 nitrogen and oxygen atoms in total. The molecule has 9 rings (SSSR count). The van der Waals surface area contributed by atoms with Crippen LogP contribution in [0.4, 0.5) is 0 Å². The number of thiophene rings is 1. The predicted octanol–water partition coefficient (Wildman–Crippen LogP) is 12.2. The van der Waals surface area contributed by atoms with Crippen LogP contribution < -0.4 is 0 Å². The smallest absolute Gasteiger partial charge is 0.164 e. The molecule has 230 valence electrons. The van der Waals surface area contributed by atoms with E-state index in [0.717, 1.165) is 33.6 Å². The van der Waals surface area contributed by atoms with E-state index in [9.17, 15) is 5.48 Å². The molecule has 0 aliphatic heterocycles. The lowest BCUT2D eigenvalue weighted by atomic mass is 10.0. The van der Waals surface area contributed by atoms with E-state index in [1.165, 1.54) is 0 Å². The van der Waals surface area contributed by atoms with E-state index in [1.54, 1.807) is 0 Å². The Kier molecular flexibility index (Phi) is 4.96. The SMILES string of the molecule is [2H]c1c([2H])c([2H])c(-c2c([2H])c([2H])c3sc4c([2H])c([2H])c(-c5nc(-c6ccc(-c7ccccc7)cc6)nc(-c6ccc(-c7ccccc7)cc6)n5)c([2H])c4c3c2[2H])c([2H])c1[2H]. The van der Waals surface area contributed by atoms with Crippen molar-refractivity contribution < 1.29 is 15.1 Å². The summed E-state index contributed by atoms with van der Waals surface area (Å²) in [6, 6.07) is 29.4. The molecule has 0 atom stereocenters. The van der Waals surface area contributed by atoms with Gasteiger partial charge in [0.05, 0.1) is 15.1 Å². The van der Waals surface area contributed by atoms with E-state index >= 15 is 0 Å². The maximum atomic E-state index is 9.64. The Labute approximate surface area is 304 Å². The van der Waals surface area contributed by atoms with Gasteiger partial charge in [-0.25, -0.2) is 15.0 Å². The fourth-order valence-corrected chi connectivity index (χ4v) is 6.56. The molecule has 0 bridgehead atoms. The summed E-state index contributed by atoms with van der Waals surface area (Å²) in [6.07, 6.45) is 0. The van der Waals surface area contributed by atoms with Gasteiger partial charge in [0, 0.05) is 36.9 Å². The maximum Gasteiger partial charge on any atom is 0.164 e. The number of hydrogen-bond acceptors (Lipinski definition) is 4. The first-order chi connectivity index (χ1) is 28.8. The van der Waals surface area contributed by atoms with Gasteiger partial charge in [-0.3, -0.25) is 0 Å². The Morgan fingerprint density at radius 2 is 0.755 bits per heavy atom. The maximum absolute atomic E-state index is 9.64. The van der Waals surface area contributed by atoms with E-state index in [4.69, 9.17) is 24.5 Å². The molecule has 7 aromatic carbocycles. The molecular formula is C45H29N3S. The predicted molar refractivity (Wildman–Crippen MR) is 205 cm³/mol. The highest BCUT2D eigenvalue weighted by Gasteiger charge is 2.15. The van der Waals surface area contributed by atoms with Crippen LogP contribution in [0.25, 0.3) is 87.7 Å². The number of aromatic nitrogens is 3. The summed E-state index contributed by atoms with van der Waals surface area (Å²) in [5.74, 6) is 0.429. The van der Waals surface area contributed by atoms with Crippen molar-refractivity contribution in [3.63, 3.8) is 0 Å². The van der Waals surface area contributed by atoms with E-state index < -0.39 is 53.9 Å². The van der Waals surface area contributed by atoms with Gasteiger partial charge < -0.3 is 0 Å². The summed E-state index contributed by atoms with van der Waals surface area (Å²) >= 11 is 0.890. The fraction of sp³-hybridized carbons (Fsp3) is 0. The summed E-state index contributed by atoms with van der Waals surface area (Å²) in [5, 5.41) is 0.0149. The van der Waals surface area contributed by atoms with Crippen molar-refractivity contribution >= 4 is 31.5 Å². The van der Waals surface area contributed by atoms with Gasteiger partial charge in [-0.15, -0.1) is 11.3 Å². The third kappa shape index (κ3) is 5.69. The fourth-order valence-electron chi connectivity index (χ4n) is 5.64. The van der Waals surface area contributed by atoms with Crippen LogP contribution in [0.5, 0.6) is 0 Å². The molecule has 0 aliphatic rings. The summed E-state index contributed by atoms with van der Waals surface area (Å²) in [4.78, 5) is 14.5. The Hall–Kier alpha value is -6.23. The van der Waals surface area contributed by atoms with E-state index in [-0.39, 0.29) is 66.9 Å². The Bertz CT molecular complexity index is 3060. The number of rotatable bonds is 6. The average Bonchev–Trinajstić information content (AvgIpc) is 3.70. The molecular weight excluding hydrogens is 615 g/mol. The van der Waals surface area contributed by atoms with Gasteiger partial charge in [-0.1, -0.05) is 145 Å². The lowest BCUT2D eigenvalue weighted by Gasteiger charge is -2.10. The Balaban J connectivity index is 1.29. The van der Waals surface area contributed by atoms with Crippen LogP contribution in [0.15, 0.2) is 176 Å². The monoisotopic (exact) mass is 654 g/mol. The van der Waals surface area contributed by atoms with Gasteiger partial charge in [0.15, 0.2) is 17.5 Å². The summed E-state index contributed by atoms with van der Waals surface area (Å²) in [5.41, 5.74) is 4.35. The summed E-state index contributed by atoms with van der Waals surface area (Å²) < 4.78 is 97.3. The van der Waals surface area contributed by atoms with Gasteiger partial charge in [0.25, 0.3) is 0 Å². The molecule has 0 saturated carbocycles. The largest absolute Gasteiger partial charge is 0.208 e. The number of nitrogens with zero attached hydrogens (tertiary/aromatic N) is 3. The van der Waals surface area contributed by atoms with Gasteiger partial charge in [-0.05, 0) is 63.6 Å². The second-order valence-corrected chi connectivity index (χ2v) is 12.2. The molecule has 49 heavy (non-hydrogen) atoms. The molecule has 0 unspecified atom stereocenters. The summed E-state index contributed by atoms with van der Waals surface area (Å²) in [7, 11) is 0. The van der Waals surface area contributed by atoms with Gasteiger partial charge in [0.1, 0.15) is 0 Å². The topological polar surface area (TPSA) is 38.7 Å². The minimum atomic E-state index is -0.659. The highest BCUT2D eigenvalue weighted by Crippen LogP contribution is 2.38.